The number of phosphoric ester groups is 1. The summed E-state index contributed by atoms with van der Waals surface area (Å²) in [5.74, 6) is -0.807. The predicted molar refractivity (Wildman–Crippen MR) is 388 cm³/mol. The van der Waals surface area contributed by atoms with E-state index in [-0.39, 0.29) is 32.0 Å². The van der Waals surface area contributed by atoms with Crippen LogP contribution in [0.3, 0.4) is 0 Å². The quantitative estimate of drug-likeness (QED) is 0.0195. The Morgan fingerprint density at radius 3 is 0.944 bits per heavy atom. The molecule has 0 spiro atoms. The van der Waals surface area contributed by atoms with E-state index in [1.165, 1.54) is 308 Å². The third-order valence-electron chi connectivity index (χ3n) is 17.9. The zero-order valence-electron chi connectivity index (χ0n) is 60.6. The van der Waals surface area contributed by atoms with E-state index < -0.39 is 26.5 Å². The van der Waals surface area contributed by atoms with Gasteiger partial charge in [-0.2, -0.15) is 0 Å². The molecule has 0 radical (unpaired) electrons. The standard InChI is InChI=1S/C80H152NO8P/c1-6-8-10-12-14-16-18-20-22-24-26-28-30-32-34-36-38-39-40-41-43-45-47-49-51-53-55-57-59-61-63-65-67-69-71-73-80(83)89-78(77-88-90(84,85)87-75-74-81(3,4)5)76-86-79(82)72-70-68-66-64-62-60-58-56-54-52-50-48-46-44-42-37-35-33-31-29-27-25-23-21-19-17-15-13-11-9-7-2/h8,10,14,16,20,22,26,28,78H,6-7,9,11-13,15,17-19,21,23-25,27,29-77H2,1-5H3/b10-8-,16-14-,22-20-,28-26-. The zero-order valence-corrected chi connectivity index (χ0v) is 61.5. The van der Waals surface area contributed by atoms with Crippen LogP contribution in [0.5, 0.6) is 0 Å². The van der Waals surface area contributed by atoms with Crippen molar-refractivity contribution in [2.75, 3.05) is 47.5 Å². The summed E-state index contributed by atoms with van der Waals surface area (Å²) in [6, 6.07) is 0. The second-order valence-corrected chi connectivity index (χ2v) is 29.5. The summed E-state index contributed by atoms with van der Waals surface area (Å²) < 4.78 is 34.4. The first kappa shape index (κ1) is 88.0. The number of unbranched alkanes of at least 4 members (excludes halogenated alkanes) is 52. The molecule has 0 heterocycles. The van der Waals surface area contributed by atoms with Gasteiger partial charge in [0, 0.05) is 12.8 Å². The van der Waals surface area contributed by atoms with Crippen molar-refractivity contribution < 1.29 is 42.1 Å². The third kappa shape index (κ3) is 75.0. The fourth-order valence-electron chi connectivity index (χ4n) is 11.9. The third-order valence-corrected chi connectivity index (χ3v) is 18.8. The van der Waals surface area contributed by atoms with E-state index in [1.807, 2.05) is 21.1 Å². The Morgan fingerprint density at radius 2 is 0.633 bits per heavy atom. The zero-order chi connectivity index (χ0) is 65.5. The number of likely N-dealkylation sites (N-methyl/N-ethyl adjacent to an activating group) is 1. The van der Waals surface area contributed by atoms with Crippen LogP contribution in [0.25, 0.3) is 0 Å². The molecule has 0 rings (SSSR count). The van der Waals surface area contributed by atoms with Crippen LogP contribution in [0, 0.1) is 0 Å². The summed E-state index contributed by atoms with van der Waals surface area (Å²) in [6.45, 7) is 4.21. The lowest BCUT2D eigenvalue weighted by molar-refractivity contribution is -0.870. The molecule has 0 aromatic carbocycles. The van der Waals surface area contributed by atoms with Gasteiger partial charge in [0.15, 0.2) is 6.10 Å². The molecular formula is C80H152NO8P. The number of esters is 2. The van der Waals surface area contributed by atoms with E-state index in [4.69, 9.17) is 18.5 Å². The molecule has 0 aliphatic heterocycles. The molecular weight excluding hydrogens is 1130 g/mol. The van der Waals surface area contributed by atoms with E-state index >= 15 is 0 Å². The van der Waals surface area contributed by atoms with Gasteiger partial charge in [0.2, 0.25) is 0 Å². The van der Waals surface area contributed by atoms with Crippen LogP contribution in [0.15, 0.2) is 48.6 Å². The van der Waals surface area contributed by atoms with Crippen molar-refractivity contribution in [2.45, 2.75) is 405 Å². The maximum atomic E-state index is 12.9. The molecule has 90 heavy (non-hydrogen) atoms. The summed E-state index contributed by atoms with van der Waals surface area (Å²) >= 11 is 0. The van der Waals surface area contributed by atoms with Crippen LogP contribution in [0.4, 0.5) is 0 Å². The molecule has 0 aliphatic rings. The van der Waals surface area contributed by atoms with Gasteiger partial charge in [-0.3, -0.25) is 14.2 Å². The van der Waals surface area contributed by atoms with Crippen LogP contribution < -0.4 is 4.89 Å². The molecule has 0 amide bonds. The number of carbonyl (C=O) groups is 2. The minimum absolute atomic E-state index is 0.0275. The summed E-state index contributed by atoms with van der Waals surface area (Å²) in [5, 5.41) is 0. The average Bonchev–Trinajstić information content (AvgIpc) is 3.61. The van der Waals surface area contributed by atoms with E-state index in [1.54, 1.807) is 0 Å². The maximum absolute atomic E-state index is 12.9. The Morgan fingerprint density at radius 1 is 0.356 bits per heavy atom. The Labute approximate surface area is 560 Å². The van der Waals surface area contributed by atoms with Crippen LogP contribution in [-0.2, 0) is 32.7 Å². The van der Waals surface area contributed by atoms with E-state index in [9.17, 15) is 19.0 Å². The van der Waals surface area contributed by atoms with Crippen molar-refractivity contribution in [3.8, 4) is 0 Å². The number of hydrogen-bond donors (Lipinski definition) is 0. The molecule has 9 nitrogen and oxygen atoms in total. The monoisotopic (exact) mass is 1290 g/mol. The van der Waals surface area contributed by atoms with E-state index in [0.29, 0.717) is 17.4 Å². The van der Waals surface area contributed by atoms with Gasteiger partial charge in [-0.1, -0.05) is 383 Å². The summed E-state index contributed by atoms with van der Waals surface area (Å²) in [6.07, 6.45) is 93.8. The number of nitrogens with zero attached hydrogens (tertiary/aromatic N) is 1. The maximum Gasteiger partial charge on any atom is 0.306 e. The normalized spacial score (nSPS) is 13.3. The lowest BCUT2D eigenvalue weighted by atomic mass is 10.0. The lowest BCUT2D eigenvalue weighted by Crippen LogP contribution is -2.37. The van der Waals surface area contributed by atoms with Gasteiger partial charge >= 0.3 is 11.9 Å². The second-order valence-electron chi connectivity index (χ2n) is 28.1. The van der Waals surface area contributed by atoms with Crippen LogP contribution in [0.1, 0.15) is 399 Å². The van der Waals surface area contributed by atoms with Crippen LogP contribution >= 0.6 is 7.82 Å². The van der Waals surface area contributed by atoms with Gasteiger partial charge in [0.05, 0.1) is 27.7 Å². The summed E-state index contributed by atoms with van der Waals surface area (Å²) in [4.78, 5) is 38.2. The molecule has 2 unspecified atom stereocenters. The smallest absolute Gasteiger partial charge is 0.306 e. The van der Waals surface area contributed by atoms with Gasteiger partial charge in [0.25, 0.3) is 7.82 Å². The predicted octanol–water partition coefficient (Wildman–Crippen LogP) is 25.3. The Bertz CT molecular complexity index is 1660. The number of carbonyl (C=O) groups excluding carboxylic acids is 2. The number of quaternary nitrogens is 1. The van der Waals surface area contributed by atoms with Gasteiger partial charge in [-0.05, 0) is 51.4 Å². The van der Waals surface area contributed by atoms with Crippen molar-refractivity contribution in [1.82, 2.24) is 0 Å². The number of hydrogen-bond acceptors (Lipinski definition) is 8. The molecule has 0 bridgehead atoms. The largest absolute Gasteiger partial charge is 0.756 e. The van der Waals surface area contributed by atoms with Gasteiger partial charge < -0.3 is 27.9 Å². The van der Waals surface area contributed by atoms with Crippen molar-refractivity contribution in [3.63, 3.8) is 0 Å². The molecule has 0 aromatic rings. The molecule has 0 fully saturated rings. The fourth-order valence-corrected chi connectivity index (χ4v) is 12.6. The molecule has 10 heteroatoms. The molecule has 0 saturated carbocycles. The topological polar surface area (TPSA) is 111 Å². The Kier molecular flexibility index (Phi) is 69.7. The van der Waals surface area contributed by atoms with Crippen LogP contribution in [0.2, 0.25) is 0 Å². The average molecular weight is 1290 g/mol. The molecule has 0 aromatic heterocycles. The first-order valence-corrected chi connectivity index (χ1v) is 40.8. The molecule has 0 saturated heterocycles. The van der Waals surface area contributed by atoms with Gasteiger partial charge in [-0.25, -0.2) is 0 Å². The van der Waals surface area contributed by atoms with Crippen molar-refractivity contribution >= 4 is 19.8 Å². The van der Waals surface area contributed by atoms with Crippen molar-refractivity contribution in [1.29, 1.82) is 0 Å². The fraction of sp³-hybridized carbons (Fsp3) is 0.875. The minimum atomic E-state index is -4.64. The first-order valence-electron chi connectivity index (χ1n) is 39.3. The van der Waals surface area contributed by atoms with E-state index in [2.05, 4.69) is 62.5 Å². The summed E-state index contributed by atoms with van der Waals surface area (Å²) in [5.41, 5.74) is 0. The number of allylic oxidation sites excluding steroid dienone is 8. The molecule has 0 N–H and O–H groups in total. The van der Waals surface area contributed by atoms with Crippen LogP contribution in [-0.4, -0.2) is 70.0 Å². The number of ether oxygens (including phenoxy) is 2. The van der Waals surface area contributed by atoms with Crippen molar-refractivity contribution in [2.24, 2.45) is 0 Å². The van der Waals surface area contributed by atoms with E-state index in [0.717, 1.165) is 57.8 Å². The van der Waals surface area contributed by atoms with Gasteiger partial charge in [-0.15, -0.1) is 0 Å². The highest BCUT2D eigenvalue weighted by atomic mass is 31.2. The number of phosphoric acid groups is 1. The summed E-state index contributed by atoms with van der Waals surface area (Å²) in [7, 11) is 1.19. The first-order chi connectivity index (χ1) is 44.0. The highest BCUT2D eigenvalue weighted by Gasteiger charge is 2.22. The lowest BCUT2D eigenvalue weighted by Gasteiger charge is -2.28. The second kappa shape index (κ2) is 71.3. The molecule has 0 aliphatic carbocycles. The highest BCUT2D eigenvalue weighted by Crippen LogP contribution is 2.38. The molecule has 2 atom stereocenters. The minimum Gasteiger partial charge on any atom is -0.756 e. The highest BCUT2D eigenvalue weighted by molar-refractivity contribution is 7.45. The van der Waals surface area contributed by atoms with Gasteiger partial charge in [0.1, 0.15) is 19.8 Å². The Balaban J connectivity index is 3.91. The van der Waals surface area contributed by atoms with Crippen molar-refractivity contribution in [3.05, 3.63) is 48.6 Å². The SMILES string of the molecule is CC/C=C\C/C=C\C/C=C\C/C=C\CCCCCCCCCCCCCCCCCCCCCCCCC(=O)OC(COC(=O)CCCCCCCCCCCCCCCCCCCCCCCCCCCCCCCCC)COP(=O)([O-])OCC[N+](C)(C)C. The Hall–Kier alpha value is -2.03. The molecule has 530 valence electrons. The number of rotatable bonds is 74.